The number of benzene rings is 1. The molecule has 0 aromatic heterocycles. The van der Waals surface area contributed by atoms with E-state index in [-0.39, 0.29) is 12.0 Å². The van der Waals surface area contributed by atoms with Gasteiger partial charge in [-0.3, -0.25) is 9.59 Å². The zero-order valence-electron chi connectivity index (χ0n) is 16.0. The van der Waals surface area contributed by atoms with Crippen molar-refractivity contribution in [2.24, 2.45) is 5.92 Å². The van der Waals surface area contributed by atoms with Crippen LogP contribution in [0.25, 0.3) is 0 Å². The first kappa shape index (κ1) is 19.8. The molecule has 1 aromatic carbocycles. The van der Waals surface area contributed by atoms with E-state index in [9.17, 15) is 14.7 Å². The number of aliphatic hydroxyl groups is 1. The summed E-state index contributed by atoms with van der Waals surface area (Å²) in [6.45, 7) is 3.81. The van der Waals surface area contributed by atoms with E-state index in [1.54, 1.807) is 4.90 Å². The van der Waals surface area contributed by atoms with Gasteiger partial charge in [-0.2, -0.15) is 0 Å². The lowest BCUT2D eigenvalue weighted by Crippen LogP contribution is -2.55. The number of ether oxygens (including phenoxy) is 1. The Balaban J connectivity index is 1.50. The first-order valence-corrected chi connectivity index (χ1v) is 9.92. The molecule has 1 aromatic rings. The fourth-order valence-corrected chi connectivity index (χ4v) is 4.19. The summed E-state index contributed by atoms with van der Waals surface area (Å²) < 4.78 is 5.54. The largest absolute Gasteiger partial charge is 0.390 e. The van der Waals surface area contributed by atoms with Gasteiger partial charge in [0.2, 0.25) is 0 Å². The third kappa shape index (κ3) is 4.87. The first-order valence-electron chi connectivity index (χ1n) is 9.92. The number of nitrogens with zero attached hydrogens (tertiary/aromatic N) is 1. The van der Waals surface area contributed by atoms with Gasteiger partial charge in [-0.15, -0.1) is 0 Å². The van der Waals surface area contributed by atoms with E-state index in [0.717, 1.165) is 25.7 Å². The molecule has 2 N–H and O–H groups in total. The highest BCUT2D eigenvalue weighted by molar-refractivity contribution is 6.35. The van der Waals surface area contributed by atoms with Crippen LogP contribution in [0.15, 0.2) is 30.3 Å². The molecule has 2 aliphatic heterocycles. The van der Waals surface area contributed by atoms with Crippen molar-refractivity contribution in [3.05, 3.63) is 35.9 Å². The van der Waals surface area contributed by atoms with Crippen LogP contribution in [0.5, 0.6) is 0 Å². The Labute approximate surface area is 160 Å². The molecule has 3 atom stereocenters. The molecular formula is C21H30N2O4. The molecule has 0 radical (unpaired) electrons. The number of hydrogen-bond donors (Lipinski definition) is 2. The van der Waals surface area contributed by atoms with Gasteiger partial charge >= 0.3 is 11.8 Å². The Hall–Kier alpha value is -1.92. The monoisotopic (exact) mass is 374 g/mol. The number of likely N-dealkylation sites (tertiary alicyclic amines) is 1. The van der Waals surface area contributed by atoms with Crippen molar-refractivity contribution in [3.8, 4) is 0 Å². The van der Waals surface area contributed by atoms with Gasteiger partial charge in [0.15, 0.2) is 0 Å². The Morgan fingerprint density at radius 3 is 2.85 bits per heavy atom. The molecule has 0 aliphatic carbocycles. The van der Waals surface area contributed by atoms with Crippen LogP contribution in [0.3, 0.4) is 0 Å². The van der Waals surface area contributed by atoms with Crippen LogP contribution in [-0.2, 0) is 20.7 Å². The van der Waals surface area contributed by atoms with Crippen LogP contribution >= 0.6 is 0 Å². The second kappa shape index (κ2) is 8.85. The molecule has 27 heavy (non-hydrogen) atoms. The number of nitrogens with one attached hydrogen (secondary N) is 1. The number of carbonyl (C=O) groups excluding carboxylic acids is 2. The lowest BCUT2D eigenvalue weighted by Gasteiger charge is -2.43. The Morgan fingerprint density at radius 1 is 1.33 bits per heavy atom. The maximum absolute atomic E-state index is 12.7. The summed E-state index contributed by atoms with van der Waals surface area (Å²) in [6, 6.07) is 9.94. The van der Waals surface area contributed by atoms with E-state index in [2.05, 4.69) is 17.4 Å². The van der Waals surface area contributed by atoms with Gasteiger partial charge in [0.05, 0.1) is 12.2 Å². The minimum absolute atomic E-state index is 0.136. The summed E-state index contributed by atoms with van der Waals surface area (Å²) in [5.74, 6) is -1.19. The topological polar surface area (TPSA) is 78.9 Å². The van der Waals surface area contributed by atoms with E-state index >= 15 is 0 Å². The van der Waals surface area contributed by atoms with E-state index in [1.165, 1.54) is 5.56 Å². The first-order chi connectivity index (χ1) is 13.0. The summed E-state index contributed by atoms with van der Waals surface area (Å²) in [5.41, 5.74) is 0.356. The molecule has 6 heteroatoms. The average molecular weight is 374 g/mol. The second-order valence-electron chi connectivity index (χ2n) is 7.84. The third-order valence-electron chi connectivity index (χ3n) is 5.84. The highest BCUT2D eigenvalue weighted by atomic mass is 16.5. The molecule has 0 saturated carbocycles. The second-order valence-corrected chi connectivity index (χ2v) is 7.84. The smallest absolute Gasteiger partial charge is 0.312 e. The SMILES string of the molecule is C[C@]1(O)CCOC[C@H]1[C@H]1CCCN1C(=O)C(=O)NCCCc1ccccc1. The Morgan fingerprint density at radius 2 is 2.11 bits per heavy atom. The van der Waals surface area contributed by atoms with Crippen molar-refractivity contribution in [1.82, 2.24) is 10.2 Å². The third-order valence-corrected chi connectivity index (χ3v) is 5.84. The predicted molar refractivity (Wildman–Crippen MR) is 102 cm³/mol. The number of rotatable bonds is 5. The van der Waals surface area contributed by atoms with Gasteiger partial charge in [-0.05, 0) is 44.6 Å². The van der Waals surface area contributed by atoms with Crippen molar-refractivity contribution in [1.29, 1.82) is 0 Å². The maximum atomic E-state index is 12.7. The number of hydrogen-bond acceptors (Lipinski definition) is 4. The van der Waals surface area contributed by atoms with E-state index < -0.39 is 17.4 Å². The molecular weight excluding hydrogens is 344 g/mol. The maximum Gasteiger partial charge on any atom is 0.312 e. The summed E-state index contributed by atoms with van der Waals surface area (Å²) in [5, 5.41) is 13.4. The van der Waals surface area contributed by atoms with Crippen molar-refractivity contribution >= 4 is 11.8 Å². The quantitative estimate of drug-likeness (QED) is 0.605. The molecule has 2 saturated heterocycles. The van der Waals surface area contributed by atoms with Crippen LogP contribution in [-0.4, -0.2) is 59.8 Å². The normalized spacial score (nSPS) is 28.1. The van der Waals surface area contributed by atoms with Gasteiger partial charge < -0.3 is 20.1 Å². The molecule has 148 valence electrons. The van der Waals surface area contributed by atoms with Crippen LogP contribution in [0.4, 0.5) is 0 Å². The molecule has 2 amide bonds. The fraction of sp³-hybridized carbons (Fsp3) is 0.619. The van der Waals surface area contributed by atoms with Gasteiger partial charge in [-0.25, -0.2) is 0 Å². The van der Waals surface area contributed by atoms with Crippen LogP contribution < -0.4 is 5.32 Å². The summed E-state index contributed by atoms with van der Waals surface area (Å²) in [6.07, 6.45) is 3.87. The van der Waals surface area contributed by atoms with Crippen LogP contribution in [0.2, 0.25) is 0 Å². The van der Waals surface area contributed by atoms with Gasteiger partial charge in [0.1, 0.15) is 0 Å². The number of amides is 2. The molecule has 0 unspecified atom stereocenters. The van der Waals surface area contributed by atoms with Crippen LogP contribution in [0.1, 0.15) is 38.2 Å². The molecule has 0 spiro atoms. The highest BCUT2D eigenvalue weighted by Gasteiger charge is 2.46. The van der Waals surface area contributed by atoms with Crippen molar-refractivity contribution in [3.63, 3.8) is 0 Å². The van der Waals surface area contributed by atoms with Crippen molar-refractivity contribution in [2.45, 2.75) is 50.7 Å². The van der Waals surface area contributed by atoms with Crippen LogP contribution in [0, 0.1) is 5.92 Å². The van der Waals surface area contributed by atoms with Crippen molar-refractivity contribution in [2.75, 3.05) is 26.3 Å². The average Bonchev–Trinajstić information content (AvgIpc) is 3.14. The van der Waals surface area contributed by atoms with Crippen molar-refractivity contribution < 1.29 is 19.4 Å². The van der Waals surface area contributed by atoms with Gasteiger partial charge in [0, 0.05) is 31.7 Å². The zero-order valence-corrected chi connectivity index (χ0v) is 16.0. The molecule has 0 bridgehead atoms. The van der Waals surface area contributed by atoms with E-state index in [1.807, 2.05) is 25.1 Å². The standard InChI is InChI=1S/C21H30N2O4/c1-21(26)11-14-27-15-17(21)18-10-6-13-23(18)20(25)19(24)22-12-5-9-16-7-3-2-4-8-16/h2-4,7-8,17-18,26H,5-6,9-15H2,1H3,(H,22,24)/t17-,18+,21-/m0/s1. The zero-order chi connectivity index (χ0) is 19.3. The van der Waals surface area contributed by atoms with E-state index in [0.29, 0.717) is 32.7 Å². The molecule has 2 heterocycles. The fourth-order valence-electron chi connectivity index (χ4n) is 4.19. The minimum atomic E-state index is -0.863. The Kier molecular flexibility index (Phi) is 6.50. The summed E-state index contributed by atoms with van der Waals surface area (Å²) >= 11 is 0. The lowest BCUT2D eigenvalue weighted by atomic mass is 9.79. The van der Waals surface area contributed by atoms with E-state index in [4.69, 9.17) is 4.74 Å². The summed E-state index contributed by atoms with van der Waals surface area (Å²) in [4.78, 5) is 26.6. The molecule has 3 rings (SSSR count). The minimum Gasteiger partial charge on any atom is -0.390 e. The van der Waals surface area contributed by atoms with Gasteiger partial charge in [0.25, 0.3) is 0 Å². The predicted octanol–water partition coefficient (Wildman–Crippen LogP) is 1.51. The highest BCUT2D eigenvalue weighted by Crippen LogP contribution is 2.35. The summed E-state index contributed by atoms with van der Waals surface area (Å²) in [7, 11) is 0. The van der Waals surface area contributed by atoms with Gasteiger partial charge in [-0.1, -0.05) is 30.3 Å². The number of carbonyl (C=O) groups is 2. The molecule has 2 aliphatic rings. The Bertz CT molecular complexity index is 647. The lowest BCUT2D eigenvalue weighted by molar-refractivity contribution is -0.153. The number of aryl methyl sites for hydroxylation is 1. The molecule has 6 nitrogen and oxygen atoms in total. The molecule has 2 fully saturated rings.